The number of rotatable bonds is 4. The minimum absolute atomic E-state index is 0.639. The van der Waals surface area contributed by atoms with Crippen LogP contribution in [0.2, 0.25) is 10.0 Å². The molecule has 3 nitrogen and oxygen atoms in total. The first-order valence-corrected chi connectivity index (χ1v) is 6.09. The normalized spacial score (nSPS) is 10.5. The summed E-state index contributed by atoms with van der Waals surface area (Å²) < 4.78 is 2.08. The van der Waals surface area contributed by atoms with Crippen LogP contribution in [0.25, 0.3) is 0 Å². The predicted molar refractivity (Wildman–Crippen MR) is 71.9 cm³/mol. The van der Waals surface area contributed by atoms with Gasteiger partial charge in [0, 0.05) is 30.5 Å². The molecule has 2 rings (SSSR count). The van der Waals surface area contributed by atoms with E-state index in [-0.39, 0.29) is 0 Å². The molecule has 0 aliphatic carbocycles. The summed E-state index contributed by atoms with van der Waals surface area (Å²) in [5, 5.41) is 4.55. The van der Waals surface area contributed by atoms with Crippen molar-refractivity contribution in [2.75, 3.05) is 11.9 Å². The topological polar surface area (TPSA) is 29.9 Å². The van der Waals surface area contributed by atoms with Crippen molar-refractivity contribution in [3.8, 4) is 0 Å². The molecule has 0 saturated heterocycles. The Morgan fingerprint density at radius 2 is 2.18 bits per heavy atom. The SMILES string of the molecule is Cc1nccn1CCNc1ccc(Cl)cc1Cl. The summed E-state index contributed by atoms with van der Waals surface area (Å²) in [7, 11) is 0. The van der Waals surface area contributed by atoms with E-state index in [1.54, 1.807) is 12.3 Å². The minimum Gasteiger partial charge on any atom is -0.382 e. The van der Waals surface area contributed by atoms with Gasteiger partial charge in [0.2, 0.25) is 0 Å². The molecule has 1 aromatic heterocycles. The van der Waals surface area contributed by atoms with Crippen LogP contribution in [0.15, 0.2) is 30.6 Å². The number of hydrogen-bond donors (Lipinski definition) is 1. The van der Waals surface area contributed by atoms with E-state index in [1.165, 1.54) is 0 Å². The summed E-state index contributed by atoms with van der Waals surface area (Å²) >= 11 is 11.9. The van der Waals surface area contributed by atoms with E-state index >= 15 is 0 Å². The Balaban J connectivity index is 1.92. The maximum absolute atomic E-state index is 6.06. The second-order valence-corrected chi connectivity index (χ2v) is 4.56. The van der Waals surface area contributed by atoms with Gasteiger partial charge in [-0.25, -0.2) is 4.98 Å². The average Bonchev–Trinajstić information content (AvgIpc) is 2.68. The predicted octanol–water partition coefficient (Wildman–Crippen LogP) is 3.61. The average molecular weight is 270 g/mol. The lowest BCUT2D eigenvalue weighted by molar-refractivity contribution is 0.701. The molecule has 0 bridgehead atoms. The molecule has 17 heavy (non-hydrogen) atoms. The smallest absolute Gasteiger partial charge is 0.105 e. The number of aromatic nitrogens is 2. The standard InChI is InChI=1S/C12H13Cl2N3/c1-9-15-4-6-17(9)7-5-16-12-3-2-10(13)8-11(12)14/h2-4,6,8,16H,5,7H2,1H3. The molecule has 5 heteroatoms. The molecule has 2 aromatic rings. The first-order chi connectivity index (χ1) is 8.16. The minimum atomic E-state index is 0.639. The summed E-state index contributed by atoms with van der Waals surface area (Å²) in [6.07, 6.45) is 3.76. The van der Waals surface area contributed by atoms with E-state index in [0.29, 0.717) is 10.0 Å². The van der Waals surface area contributed by atoms with Gasteiger partial charge >= 0.3 is 0 Å². The Bertz CT molecular complexity index is 508. The third-order valence-electron chi connectivity index (χ3n) is 2.52. The molecule has 1 heterocycles. The summed E-state index contributed by atoms with van der Waals surface area (Å²) in [4.78, 5) is 4.16. The van der Waals surface area contributed by atoms with Crippen molar-refractivity contribution in [3.05, 3.63) is 46.5 Å². The van der Waals surface area contributed by atoms with Gasteiger partial charge in [0.1, 0.15) is 5.82 Å². The van der Waals surface area contributed by atoms with Crippen LogP contribution in [-0.2, 0) is 6.54 Å². The van der Waals surface area contributed by atoms with Crippen LogP contribution in [0, 0.1) is 6.92 Å². The van der Waals surface area contributed by atoms with Gasteiger partial charge in [0.25, 0.3) is 0 Å². The third kappa shape index (κ3) is 3.14. The first-order valence-electron chi connectivity index (χ1n) is 5.33. The molecule has 0 amide bonds. The van der Waals surface area contributed by atoms with Crippen LogP contribution in [0.1, 0.15) is 5.82 Å². The highest BCUT2D eigenvalue weighted by atomic mass is 35.5. The highest BCUT2D eigenvalue weighted by Gasteiger charge is 2.01. The maximum atomic E-state index is 6.06. The Morgan fingerprint density at radius 3 is 2.82 bits per heavy atom. The van der Waals surface area contributed by atoms with Crippen LogP contribution in [0.4, 0.5) is 5.69 Å². The zero-order valence-corrected chi connectivity index (χ0v) is 11.0. The lowest BCUT2D eigenvalue weighted by atomic mass is 10.3. The Morgan fingerprint density at radius 1 is 1.35 bits per heavy atom. The molecule has 90 valence electrons. The summed E-state index contributed by atoms with van der Waals surface area (Å²) in [6.45, 7) is 3.62. The molecule has 1 N–H and O–H groups in total. The lowest BCUT2D eigenvalue weighted by Crippen LogP contribution is -2.11. The summed E-state index contributed by atoms with van der Waals surface area (Å²) in [6, 6.07) is 5.43. The number of imidazole rings is 1. The fourth-order valence-electron chi connectivity index (χ4n) is 1.58. The largest absolute Gasteiger partial charge is 0.382 e. The van der Waals surface area contributed by atoms with Gasteiger partial charge in [-0.3, -0.25) is 0 Å². The molecule has 0 radical (unpaired) electrons. The van der Waals surface area contributed by atoms with E-state index in [0.717, 1.165) is 24.6 Å². The molecule has 0 aliphatic rings. The highest BCUT2D eigenvalue weighted by Crippen LogP contribution is 2.25. The fourth-order valence-corrected chi connectivity index (χ4v) is 2.06. The van der Waals surface area contributed by atoms with Gasteiger partial charge in [-0.2, -0.15) is 0 Å². The van der Waals surface area contributed by atoms with E-state index in [1.807, 2.05) is 25.3 Å². The van der Waals surface area contributed by atoms with Crippen LogP contribution in [0.3, 0.4) is 0 Å². The van der Waals surface area contributed by atoms with Crippen molar-refractivity contribution in [3.63, 3.8) is 0 Å². The Kier molecular flexibility index (Phi) is 3.92. The lowest BCUT2D eigenvalue weighted by Gasteiger charge is -2.09. The van der Waals surface area contributed by atoms with Crippen LogP contribution >= 0.6 is 23.2 Å². The van der Waals surface area contributed by atoms with Gasteiger partial charge in [-0.1, -0.05) is 23.2 Å². The van der Waals surface area contributed by atoms with Crippen LogP contribution in [-0.4, -0.2) is 16.1 Å². The molecular formula is C12H13Cl2N3. The van der Waals surface area contributed by atoms with Crippen molar-refractivity contribution in [1.29, 1.82) is 0 Å². The van der Waals surface area contributed by atoms with E-state index < -0.39 is 0 Å². The van der Waals surface area contributed by atoms with Crippen molar-refractivity contribution in [1.82, 2.24) is 9.55 Å². The van der Waals surface area contributed by atoms with Gasteiger partial charge in [0.05, 0.1) is 10.7 Å². The molecule has 0 saturated carbocycles. The Hall–Kier alpha value is -1.19. The molecule has 0 spiro atoms. The van der Waals surface area contributed by atoms with Crippen molar-refractivity contribution >= 4 is 28.9 Å². The molecule has 0 atom stereocenters. The number of aryl methyl sites for hydroxylation is 1. The number of benzene rings is 1. The molecule has 0 unspecified atom stereocenters. The van der Waals surface area contributed by atoms with Crippen molar-refractivity contribution in [2.24, 2.45) is 0 Å². The number of nitrogens with one attached hydrogen (secondary N) is 1. The second kappa shape index (κ2) is 5.43. The Labute approximate surface area is 110 Å². The van der Waals surface area contributed by atoms with Crippen molar-refractivity contribution in [2.45, 2.75) is 13.5 Å². The molecule has 0 aliphatic heterocycles. The molecular weight excluding hydrogens is 257 g/mol. The zero-order chi connectivity index (χ0) is 12.3. The third-order valence-corrected chi connectivity index (χ3v) is 3.07. The molecule has 0 fully saturated rings. The highest BCUT2D eigenvalue weighted by molar-refractivity contribution is 6.36. The maximum Gasteiger partial charge on any atom is 0.105 e. The number of hydrogen-bond acceptors (Lipinski definition) is 2. The second-order valence-electron chi connectivity index (χ2n) is 3.72. The molecule has 1 aromatic carbocycles. The van der Waals surface area contributed by atoms with Gasteiger partial charge < -0.3 is 9.88 Å². The number of halogens is 2. The fraction of sp³-hybridized carbons (Fsp3) is 0.250. The van der Waals surface area contributed by atoms with E-state index in [2.05, 4.69) is 14.9 Å². The summed E-state index contributed by atoms with van der Waals surface area (Å²) in [5.74, 6) is 1.01. The monoisotopic (exact) mass is 269 g/mol. The summed E-state index contributed by atoms with van der Waals surface area (Å²) in [5.41, 5.74) is 0.897. The van der Waals surface area contributed by atoms with Gasteiger partial charge in [-0.15, -0.1) is 0 Å². The van der Waals surface area contributed by atoms with E-state index in [4.69, 9.17) is 23.2 Å². The number of nitrogens with zero attached hydrogens (tertiary/aromatic N) is 2. The number of anilines is 1. The quantitative estimate of drug-likeness (QED) is 0.919. The van der Waals surface area contributed by atoms with E-state index in [9.17, 15) is 0 Å². The zero-order valence-electron chi connectivity index (χ0n) is 9.45. The van der Waals surface area contributed by atoms with Crippen molar-refractivity contribution < 1.29 is 0 Å². The van der Waals surface area contributed by atoms with Crippen LogP contribution in [0.5, 0.6) is 0 Å². The first kappa shape index (κ1) is 12.3. The van der Waals surface area contributed by atoms with Gasteiger partial charge in [-0.05, 0) is 25.1 Å². The van der Waals surface area contributed by atoms with Gasteiger partial charge in [0.15, 0.2) is 0 Å². The van der Waals surface area contributed by atoms with Crippen LogP contribution < -0.4 is 5.32 Å².